The van der Waals surface area contributed by atoms with Crippen LogP contribution < -0.4 is 5.32 Å². The Morgan fingerprint density at radius 1 is 1.50 bits per heavy atom. The summed E-state index contributed by atoms with van der Waals surface area (Å²) in [5.41, 5.74) is 0.176. The standard InChI is InChI=1S/C8H7BrN2O3/c1-4(12)11-7-5(8(13)14)2-10-3-6(7)9/h2-3H,1H3,(H,13,14)(H,10,11,12). The third kappa shape index (κ3) is 2.29. The monoisotopic (exact) mass is 258 g/mol. The lowest BCUT2D eigenvalue weighted by atomic mass is 10.2. The number of rotatable bonds is 2. The van der Waals surface area contributed by atoms with Gasteiger partial charge in [0.1, 0.15) is 5.56 Å². The highest BCUT2D eigenvalue weighted by Gasteiger charge is 2.14. The van der Waals surface area contributed by atoms with Crippen molar-refractivity contribution in [2.24, 2.45) is 0 Å². The van der Waals surface area contributed by atoms with Crippen molar-refractivity contribution in [3.63, 3.8) is 0 Å². The number of halogens is 1. The van der Waals surface area contributed by atoms with Crippen LogP contribution in [0.5, 0.6) is 0 Å². The number of hydrogen-bond acceptors (Lipinski definition) is 3. The second kappa shape index (κ2) is 4.19. The molecular weight excluding hydrogens is 252 g/mol. The van der Waals surface area contributed by atoms with Crippen LogP contribution in [0.3, 0.4) is 0 Å². The van der Waals surface area contributed by atoms with Crippen molar-refractivity contribution in [3.8, 4) is 0 Å². The number of nitrogens with zero attached hydrogens (tertiary/aromatic N) is 1. The first-order chi connectivity index (χ1) is 6.52. The Kier molecular flexibility index (Phi) is 3.19. The minimum Gasteiger partial charge on any atom is -0.478 e. The van der Waals surface area contributed by atoms with Crippen molar-refractivity contribution in [3.05, 3.63) is 22.4 Å². The summed E-state index contributed by atoms with van der Waals surface area (Å²) in [5.74, 6) is -1.47. The molecule has 0 aliphatic rings. The predicted molar refractivity (Wildman–Crippen MR) is 53.2 cm³/mol. The summed E-state index contributed by atoms with van der Waals surface area (Å²) >= 11 is 3.10. The highest BCUT2D eigenvalue weighted by Crippen LogP contribution is 2.25. The topological polar surface area (TPSA) is 79.3 Å². The molecule has 1 amide bonds. The van der Waals surface area contributed by atoms with Crippen molar-refractivity contribution in [1.29, 1.82) is 0 Å². The van der Waals surface area contributed by atoms with Gasteiger partial charge in [-0.3, -0.25) is 9.78 Å². The Labute approximate surface area is 88.3 Å². The number of nitrogens with one attached hydrogen (secondary N) is 1. The maximum atomic E-state index is 10.8. The average molecular weight is 259 g/mol. The Balaban J connectivity index is 3.22. The highest BCUT2D eigenvalue weighted by molar-refractivity contribution is 9.10. The van der Waals surface area contributed by atoms with Crippen molar-refractivity contribution < 1.29 is 14.7 Å². The van der Waals surface area contributed by atoms with E-state index in [1.54, 1.807) is 0 Å². The van der Waals surface area contributed by atoms with Crippen LogP contribution >= 0.6 is 15.9 Å². The zero-order chi connectivity index (χ0) is 10.7. The fourth-order valence-corrected chi connectivity index (χ4v) is 1.33. The van der Waals surface area contributed by atoms with Crippen LogP contribution in [0.25, 0.3) is 0 Å². The number of amides is 1. The molecule has 0 aliphatic carbocycles. The van der Waals surface area contributed by atoms with E-state index in [-0.39, 0.29) is 17.2 Å². The predicted octanol–water partition coefficient (Wildman–Crippen LogP) is 1.50. The average Bonchev–Trinajstić information content (AvgIpc) is 2.07. The number of carbonyl (C=O) groups excluding carboxylic acids is 1. The second-order valence-corrected chi connectivity index (χ2v) is 3.38. The maximum absolute atomic E-state index is 10.8. The molecule has 14 heavy (non-hydrogen) atoms. The molecule has 0 aromatic carbocycles. The van der Waals surface area contributed by atoms with E-state index in [2.05, 4.69) is 26.2 Å². The molecule has 0 fully saturated rings. The molecule has 0 unspecified atom stereocenters. The van der Waals surface area contributed by atoms with Crippen molar-refractivity contribution >= 4 is 33.5 Å². The highest BCUT2D eigenvalue weighted by atomic mass is 79.9. The molecule has 2 N–H and O–H groups in total. The van der Waals surface area contributed by atoms with Crippen molar-refractivity contribution in [2.45, 2.75) is 6.92 Å². The number of carboxylic acids is 1. The van der Waals surface area contributed by atoms with Gasteiger partial charge in [0.05, 0.1) is 10.2 Å². The van der Waals surface area contributed by atoms with Gasteiger partial charge < -0.3 is 10.4 Å². The second-order valence-electron chi connectivity index (χ2n) is 2.53. The van der Waals surface area contributed by atoms with E-state index in [0.717, 1.165) is 0 Å². The number of carboxylic acid groups (broad SMARTS) is 1. The lowest BCUT2D eigenvalue weighted by molar-refractivity contribution is -0.114. The molecule has 6 heteroatoms. The van der Waals surface area contributed by atoms with E-state index in [1.807, 2.05) is 0 Å². The number of pyridine rings is 1. The number of aromatic nitrogens is 1. The zero-order valence-corrected chi connectivity index (χ0v) is 8.83. The van der Waals surface area contributed by atoms with Crippen LogP contribution in [0.15, 0.2) is 16.9 Å². The van der Waals surface area contributed by atoms with Gasteiger partial charge in [0.15, 0.2) is 0 Å². The van der Waals surface area contributed by atoms with Gasteiger partial charge in [-0.2, -0.15) is 0 Å². The molecular formula is C8H7BrN2O3. The molecule has 0 atom stereocenters. The van der Waals surface area contributed by atoms with Gasteiger partial charge in [0.2, 0.25) is 5.91 Å². The summed E-state index contributed by atoms with van der Waals surface area (Å²) < 4.78 is 0.438. The maximum Gasteiger partial charge on any atom is 0.339 e. The minimum atomic E-state index is -1.14. The van der Waals surface area contributed by atoms with Gasteiger partial charge in [0.25, 0.3) is 0 Å². The molecule has 1 aromatic rings. The number of hydrogen-bond donors (Lipinski definition) is 2. The fraction of sp³-hybridized carbons (Fsp3) is 0.125. The van der Waals surface area contributed by atoms with E-state index in [4.69, 9.17) is 5.11 Å². The molecule has 0 saturated carbocycles. The van der Waals surface area contributed by atoms with Crippen LogP contribution in [-0.2, 0) is 4.79 Å². The summed E-state index contributed by atoms with van der Waals surface area (Å²) in [6.45, 7) is 1.30. The fourth-order valence-electron chi connectivity index (χ4n) is 0.900. The largest absolute Gasteiger partial charge is 0.478 e. The van der Waals surface area contributed by atoms with Crippen LogP contribution in [0.2, 0.25) is 0 Å². The van der Waals surface area contributed by atoms with Gasteiger partial charge in [-0.15, -0.1) is 0 Å². The third-order valence-corrected chi connectivity index (χ3v) is 2.03. The number of carbonyl (C=O) groups is 2. The molecule has 1 rings (SSSR count). The quantitative estimate of drug-likeness (QED) is 0.843. The molecule has 0 saturated heterocycles. The molecule has 0 aliphatic heterocycles. The summed E-state index contributed by atoms with van der Waals surface area (Å²) in [7, 11) is 0. The van der Waals surface area contributed by atoms with Crippen LogP contribution in [0.1, 0.15) is 17.3 Å². The molecule has 0 radical (unpaired) electrons. The zero-order valence-electron chi connectivity index (χ0n) is 7.24. The Morgan fingerprint density at radius 3 is 2.64 bits per heavy atom. The summed E-state index contributed by atoms with van der Waals surface area (Å²) in [4.78, 5) is 25.2. The Bertz CT molecular complexity index is 392. The van der Waals surface area contributed by atoms with Crippen molar-refractivity contribution in [1.82, 2.24) is 4.98 Å². The molecule has 0 spiro atoms. The first-order valence-electron chi connectivity index (χ1n) is 3.66. The normalized spacial score (nSPS) is 9.57. The lowest BCUT2D eigenvalue weighted by Crippen LogP contribution is -2.11. The first-order valence-corrected chi connectivity index (χ1v) is 4.46. The number of anilines is 1. The molecule has 1 heterocycles. The Hall–Kier alpha value is -1.43. The van der Waals surface area contributed by atoms with Gasteiger partial charge in [0, 0.05) is 19.3 Å². The summed E-state index contributed by atoms with van der Waals surface area (Å²) in [5, 5.41) is 11.2. The van der Waals surface area contributed by atoms with E-state index < -0.39 is 5.97 Å². The van der Waals surface area contributed by atoms with Gasteiger partial charge in [-0.05, 0) is 15.9 Å². The molecule has 0 bridgehead atoms. The molecule has 5 nitrogen and oxygen atoms in total. The van der Waals surface area contributed by atoms with E-state index in [0.29, 0.717) is 4.47 Å². The van der Waals surface area contributed by atoms with E-state index in [1.165, 1.54) is 19.3 Å². The lowest BCUT2D eigenvalue weighted by Gasteiger charge is -2.07. The van der Waals surface area contributed by atoms with Crippen molar-refractivity contribution in [2.75, 3.05) is 5.32 Å². The molecule has 1 aromatic heterocycles. The van der Waals surface area contributed by atoms with Gasteiger partial charge in [-0.1, -0.05) is 0 Å². The van der Waals surface area contributed by atoms with Crippen LogP contribution in [-0.4, -0.2) is 22.0 Å². The van der Waals surface area contributed by atoms with E-state index in [9.17, 15) is 9.59 Å². The van der Waals surface area contributed by atoms with E-state index >= 15 is 0 Å². The van der Waals surface area contributed by atoms with Gasteiger partial charge in [-0.25, -0.2) is 4.79 Å². The van der Waals surface area contributed by atoms with Crippen LogP contribution in [0, 0.1) is 0 Å². The smallest absolute Gasteiger partial charge is 0.339 e. The summed E-state index contributed by atoms with van der Waals surface area (Å²) in [6, 6.07) is 0. The Morgan fingerprint density at radius 2 is 2.14 bits per heavy atom. The third-order valence-electron chi connectivity index (χ3n) is 1.43. The minimum absolute atomic E-state index is 0.0467. The van der Waals surface area contributed by atoms with Crippen LogP contribution in [0.4, 0.5) is 5.69 Å². The molecule has 74 valence electrons. The van der Waals surface area contributed by atoms with Gasteiger partial charge >= 0.3 is 5.97 Å². The first kappa shape index (κ1) is 10.6. The number of aromatic carboxylic acids is 1. The SMILES string of the molecule is CC(=O)Nc1c(Br)cncc1C(=O)O. The summed E-state index contributed by atoms with van der Waals surface area (Å²) in [6.07, 6.45) is 2.59.